The summed E-state index contributed by atoms with van der Waals surface area (Å²) < 4.78 is 1.90. The molecule has 17 heavy (non-hydrogen) atoms. The Bertz CT molecular complexity index is 569. The summed E-state index contributed by atoms with van der Waals surface area (Å²) in [6.07, 6.45) is 0. The topological polar surface area (TPSA) is 55.1 Å². The second-order valence-corrected chi connectivity index (χ2v) is 4.75. The predicted octanol–water partition coefficient (Wildman–Crippen LogP) is 2.95. The van der Waals surface area contributed by atoms with Crippen molar-refractivity contribution >= 4 is 17.3 Å². The van der Waals surface area contributed by atoms with Crippen LogP contribution in [-0.4, -0.2) is 20.9 Å². The van der Waals surface area contributed by atoms with Gasteiger partial charge in [0, 0.05) is 23.4 Å². The van der Waals surface area contributed by atoms with Gasteiger partial charge in [0.05, 0.1) is 5.69 Å². The molecule has 4 nitrogen and oxygen atoms in total. The molecule has 0 fully saturated rings. The molecular formula is C12H14N2O2S. The van der Waals surface area contributed by atoms with Gasteiger partial charge in [0.15, 0.2) is 0 Å². The zero-order chi connectivity index (χ0) is 12.6. The highest BCUT2D eigenvalue weighted by Gasteiger charge is 2.19. The Labute approximate surface area is 104 Å². The fourth-order valence-corrected chi connectivity index (χ4v) is 2.80. The van der Waals surface area contributed by atoms with E-state index in [0.717, 1.165) is 29.1 Å². The molecule has 2 rings (SSSR count). The van der Waals surface area contributed by atoms with Gasteiger partial charge in [-0.3, -0.25) is 4.68 Å². The minimum Gasteiger partial charge on any atom is -0.477 e. The van der Waals surface area contributed by atoms with Crippen LogP contribution >= 0.6 is 11.3 Å². The summed E-state index contributed by atoms with van der Waals surface area (Å²) in [5, 5.41) is 15.4. The molecule has 90 valence electrons. The Morgan fingerprint density at radius 1 is 1.53 bits per heavy atom. The second-order valence-electron chi connectivity index (χ2n) is 3.83. The van der Waals surface area contributed by atoms with E-state index >= 15 is 0 Å². The van der Waals surface area contributed by atoms with E-state index < -0.39 is 5.97 Å². The number of aryl methyl sites for hydroxylation is 2. The minimum atomic E-state index is -0.877. The second kappa shape index (κ2) is 4.33. The maximum absolute atomic E-state index is 11.1. The van der Waals surface area contributed by atoms with Gasteiger partial charge >= 0.3 is 5.97 Å². The lowest BCUT2D eigenvalue weighted by Gasteiger charge is -2.02. The molecule has 2 heterocycles. The molecular weight excluding hydrogens is 236 g/mol. The largest absolute Gasteiger partial charge is 0.477 e. The van der Waals surface area contributed by atoms with Crippen LogP contribution in [0.5, 0.6) is 0 Å². The Balaban J connectivity index is 2.64. The highest BCUT2D eigenvalue weighted by Crippen LogP contribution is 2.33. The van der Waals surface area contributed by atoms with Crippen molar-refractivity contribution in [2.45, 2.75) is 27.3 Å². The first kappa shape index (κ1) is 11.9. The van der Waals surface area contributed by atoms with Gasteiger partial charge in [-0.15, -0.1) is 11.3 Å². The van der Waals surface area contributed by atoms with Crippen molar-refractivity contribution in [1.29, 1.82) is 0 Å². The molecule has 0 aromatic carbocycles. The first-order valence-corrected chi connectivity index (χ1v) is 6.29. The molecule has 0 aliphatic rings. The Morgan fingerprint density at radius 2 is 2.24 bits per heavy atom. The van der Waals surface area contributed by atoms with Gasteiger partial charge in [-0.2, -0.15) is 5.10 Å². The minimum absolute atomic E-state index is 0.381. The number of nitrogens with zero attached hydrogens (tertiary/aromatic N) is 2. The third-order valence-corrected chi connectivity index (χ3v) is 3.71. The van der Waals surface area contributed by atoms with Gasteiger partial charge < -0.3 is 5.11 Å². The van der Waals surface area contributed by atoms with Crippen LogP contribution in [0.3, 0.4) is 0 Å². The Kier molecular flexibility index (Phi) is 3.02. The van der Waals surface area contributed by atoms with Crippen molar-refractivity contribution in [3.8, 4) is 11.1 Å². The van der Waals surface area contributed by atoms with Crippen molar-refractivity contribution in [2.24, 2.45) is 0 Å². The van der Waals surface area contributed by atoms with Crippen LogP contribution in [-0.2, 0) is 6.54 Å². The molecule has 0 spiro atoms. The first-order chi connectivity index (χ1) is 8.06. The van der Waals surface area contributed by atoms with E-state index in [1.807, 2.05) is 31.5 Å². The van der Waals surface area contributed by atoms with E-state index in [-0.39, 0.29) is 0 Å². The molecule has 0 aliphatic heterocycles. The monoisotopic (exact) mass is 250 g/mol. The van der Waals surface area contributed by atoms with Gasteiger partial charge in [-0.1, -0.05) is 0 Å². The smallest absolute Gasteiger partial charge is 0.346 e. The molecule has 0 atom stereocenters. The normalized spacial score (nSPS) is 10.8. The average Bonchev–Trinajstić information content (AvgIpc) is 2.83. The maximum atomic E-state index is 11.1. The highest BCUT2D eigenvalue weighted by atomic mass is 32.1. The van der Waals surface area contributed by atoms with Gasteiger partial charge in [0.25, 0.3) is 0 Å². The number of carboxylic acids is 1. The lowest BCUT2D eigenvalue weighted by molar-refractivity contribution is 0.0703. The zero-order valence-corrected chi connectivity index (χ0v) is 10.8. The number of carboxylic acid groups (broad SMARTS) is 1. The number of hydrogen-bond acceptors (Lipinski definition) is 3. The molecule has 0 aliphatic carbocycles. The highest BCUT2D eigenvalue weighted by molar-refractivity contribution is 7.12. The van der Waals surface area contributed by atoms with Crippen molar-refractivity contribution in [3.05, 3.63) is 27.7 Å². The molecule has 0 radical (unpaired) electrons. The Morgan fingerprint density at radius 3 is 2.76 bits per heavy atom. The molecule has 2 aromatic heterocycles. The van der Waals surface area contributed by atoms with Crippen molar-refractivity contribution < 1.29 is 9.90 Å². The standard InChI is InChI=1S/C12H14N2O2S/c1-4-14-8(3)10(7(2)13-14)9-5-6-17-11(9)12(15)16/h5-6H,4H2,1-3H3,(H,15,16). The molecule has 0 unspecified atom stereocenters. The van der Waals surface area contributed by atoms with E-state index in [1.165, 1.54) is 11.3 Å². The van der Waals surface area contributed by atoms with Crippen LogP contribution in [0, 0.1) is 13.8 Å². The fourth-order valence-electron chi connectivity index (χ4n) is 2.07. The average molecular weight is 250 g/mol. The molecule has 0 saturated carbocycles. The molecule has 0 saturated heterocycles. The molecule has 5 heteroatoms. The van der Waals surface area contributed by atoms with Gasteiger partial charge in [0.2, 0.25) is 0 Å². The lowest BCUT2D eigenvalue weighted by atomic mass is 10.0. The Hall–Kier alpha value is -1.62. The van der Waals surface area contributed by atoms with Crippen LogP contribution < -0.4 is 0 Å². The first-order valence-electron chi connectivity index (χ1n) is 5.41. The molecule has 2 aromatic rings. The summed E-state index contributed by atoms with van der Waals surface area (Å²) in [5.74, 6) is -0.877. The van der Waals surface area contributed by atoms with E-state index in [1.54, 1.807) is 5.38 Å². The summed E-state index contributed by atoms with van der Waals surface area (Å²) in [5.41, 5.74) is 3.62. The number of thiophene rings is 1. The summed E-state index contributed by atoms with van der Waals surface area (Å²) >= 11 is 1.25. The zero-order valence-electron chi connectivity index (χ0n) is 10.0. The summed E-state index contributed by atoms with van der Waals surface area (Å²) in [6, 6.07) is 1.85. The van der Waals surface area contributed by atoms with Crippen LogP contribution in [0.1, 0.15) is 28.0 Å². The molecule has 1 N–H and O–H groups in total. The van der Waals surface area contributed by atoms with E-state index in [0.29, 0.717) is 4.88 Å². The van der Waals surface area contributed by atoms with Crippen LogP contribution in [0.4, 0.5) is 0 Å². The van der Waals surface area contributed by atoms with Gasteiger partial charge in [-0.05, 0) is 32.2 Å². The summed E-state index contributed by atoms with van der Waals surface area (Å²) in [7, 11) is 0. The van der Waals surface area contributed by atoms with Crippen LogP contribution in [0.2, 0.25) is 0 Å². The number of rotatable bonds is 3. The molecule has 0 amide bonds. The number of carbonyl (C=O) groups is 1. The third-order valence-electron chi connectivity index (χ3n) is 2.81. The van der Waals surface area contributed by atoms with E-state index in [9.17, 15) is 4.79 Å². The van der Waals surface area contributed by atoms with Crippen LogP contribution in [0.15, 0.2) is 11.4 Å². The van der Waals surface area contributed by atoms with E-state index in [2.05, 4.69) is 5.10 Å². The summed E-state index contributed by atoms with van der Waals surface area (Å²) in [4.78, 5) is 11.5. The number of aromatic nitrogens is 2. The fraction of sp³-hybridized carbons (Fsp3) is 0.333. The lowest BCUT2D eigenvalue weighted by Crippen LogP contribution is -1.99. The summed E-state index contributed by atoms with van der Waals surface area (Å²) in [6.45, 7) is 6.70. The maximum Gasteiger partial charge on any atom is 0.346 e. The van der Waals surface area contributed by atoms with Crippen molar-refractivity contribution in [3.63, 3.8) is 0 Å². The van der Waals surface area contributed by atoms with Gasteiger partial charge in [-0.25, -0.2) is 4.79 Å². The predicted molar refractivity (Wildman–Crippen MR) is 67.6 cm³/mol. The van der Waals surface area contributed by atoms with E-state index in [4.69, 9.17) is 5.11 Å². The number of hydrogen-bond donors (Lipinski definition) is 1. The molecule has 0 bridgehead atoms. The quantitative estimate of drug-likeness (QED) is 0.911. The van der Waals surface area contributed by atoms with Crippen molar-refractivity contribution in [1.82, 2.24) is 9.78 Å². The van der Waals surface area contributed by atoms with Gasteiger partial charge in [0.1, 0.15) is 4.88 Å². The van der Waals surface area contributed by atoms with Crippen molar-refractivity contribution in [2.75, 3.05) is 0 Å². The third kappa shape index (κ3) is 1.86. The number of aromatic carboxylic acids is 1. The SMILES string of the molecule is CCn1nc(C)c(-c2ccsc2C(=O)O)c1C. The van der Waals surface area contributed by atoms with Crippen LogP contribution in [0.25, 0.3) is 11.1 Å².